The highest BCUT2D eigenvalue weighted by atomic mass is 16.6. The summed E-state index contributed by atoms with van der Waals surface area (Å²) in [4.78, 5) is 17.6. The molecule has 9 heteroatoms. The second-order valence-electron chi connectivity index (χ2n) is 7.20. The quantitative estimate of drug-likeness (QED) is 0.287. The lowest BCUT2D eigenvalue weighted by atomic mass is 10.1. The van der Waals surface area contributed by atoms with Crippen LogP contribution in [0.3, 0.4) is 0 Å². The van der Waals surface area contributed by atoms with E-state index in [2.05, 4.69) is 24.1 Å². The van der Waals surface area contributed by atoms with Crippen LogP contribution in [-0.2, 0) is 0 Å². The Morgan fingerprint density at radius 3 is 2.55 bits per heavy atom. The summed E-state index contributed by atoms with van der Waals surface area (Å²) in [5.41, 5.74) is 1.94. The number of fused-ring (bicyclic) bond motifs is 2. The Morgan fingerprint density at radius 1 is 1.19 bits per heavy atom. The number of hydrogen-bond acceptors (Lipinski definition) is 8. The third-order valence-electron chi connectivity index (χ3n) is 5.32. The average molecular weight is 428 g/mol. The lowest BCUT2D eigenvalue weighted by Gasteiger charge is -2.23. The van der Waals surface area contributed by atoms with Crippen molar-refractivity contribution in [3.05, 3.63) is 40.4 Å². The third-order valence-corrected chi connectivity index (χ3v) is 5.32. The van der Waals surface area contributed by atoms with Gasteiger partial charge in [0.1, 0.15) is 0 Å². The fourth-order valence-corrected chi connectivity index (χ4v) is 3.62. The molecule has 3 aromatic rings. The number of nitrogens with one attached hydrogen (secondary N) is 1. The van der Waals surface area contributed by atoms with Crippen molar-refractivity contribution in [1.29, 1.82) is 0 Å². The normalized spacial score (nSPS) is 12.3. The zero-order valence-corrected chi connectivity index (χ0v) is 18.2. The highest BCUT2D eigenvalue weighted by molar-refractivity contribution is 6.03. The number of non-ortho nitro benzene ring substituents is 1. The number of hydrogen-bond donors (Lipinski definition) is 2. The monoisotopic (exact) mass is 428 g/mol. The zero-order chi connectivity index (χ0) is 22.5. The number of likely N-dealkylation sites (N-methyl/N-ethyl adjacent to an activating group) is 1. The van der Waals surface area contributed by atoms with Crippen molar-refractivity contribution in [3.63, 3.8) is 0 Å². The SMILES string of the molecule is CCN(CC)CC(O)CNc1cc(OC)c(OC)c2cc3cc([N+](=O)[O-])ccc3nc12. The number of aliphatic hydroxyl groups is 1. The van der Waals surface area contributed by atoms with Gasteiger partial charge in [-0.25, -0.2) is 4.98 Å². The van der Waals surface area contributed by atoms with E-state index in [0.29, 0.717) is 52.1 Å². The molecule has 0 bridgehead atoms. The molecule has 0 saturated heterocycles. The minimum atomic E-state index is -0.564. The van der Waals surface area contributed by atoms with Crippen molar-refractivity contribution in [1.82, 2.24) is 9.88 Å². The van der Waals surface area contributed by atoms with Gasteiger partial charge in [0, 0.05) is 42.1 Å². The molecule has 9 nitrogen and oxygen atoms in total. The van der Waals surface area contributed by atoms with Crippen molar-refractivity contribution >= 4 is 33.2 Å². The van der Waals surface area contributed by atoms with Crippen molar-refractivity contribution in [2.24, 2.45) is 0 Å². The molecule has 1 aromatic heterocycles. The fraction of sp³-hybridized carbons (Fsp3) is 0.409. The van der Waals surface area contributed by atoms with E-state index in [9.17, 15) is 15.2 Å². The number of nitro benzene ring substituents is 1. The number of nitro groups is 1. The number of anilines is 1. The van der Waals surface area contributed by atoms with Gasteiger partial charge in [-0.3, -0.25) is 10.1 Å². The van der Waals surface area contributed by atoms with Gasteiger partial charge in [-0.05, 0) is 25.2 Å². The van der Waals surface area contributed by atoms with E-state index in [0.717, 1.165) is 13.1 Å². The van der Waals surface area contributed by atoms with Gasteiger partial charge in [-0.15, -0.1) is 0 Å². The molecule has 0 radical (unpaired) electrons. The molecule has 0 saturated carbocycles. The highest BCUT2D eigenvalue weighted by Gasteiger charge is 2.18. The summed E-state index contributed by atoms with van der Waals surface area (Å²) in [5, 5.41) is 26.2. The van der Waals surface area contributed by atoms with Crippen LogP contribution in [0.5, 0.6) is 11.5 Å². The van der Waals surface area contributed by atoms with Gasteiger partial charge in [0.25, 0.3) is 5.69 Å². The minimum absolute atomic E-state index is 0.00612. The second-order valence-corrected chi connectivity index (χ2v) is 7.20. The smallest absolute Gasteiger partial charge is 0.270 e. The Hall–Kier alpha value is -3.17. The van der Waals surface area contributed by atoms with Gasteiger partial charge in [0.2, 0.25) is 0 Å². The van der Waals surface area contributed by atoms with Crippen LogP contribution in [-0.4, -0.2) is 66.4 Å². The zero-order valence-electron chi connectivity index (χ0n) is 18.2. The number of rotatable bonds is 10. The average Bonchev–Trinajstić information content (AvgIpc) is 2.78. The molecule has 0 aliphatic rings. The molecule has 2 aromatic carbocycles. The summed E-state index contributed by atoms with van der Waals surface area (Å²) >= 11 is 0. The summed E-state index contributed by atoms with van der Waals surface area (Å²) < 4.78 is 11.0. The lowest BCUT2D eigenvalue weighted by Crippen LogP contribution is -2.35. The first-order valence-corrected chi connectivity index (χ1v) is 10.2. The maximum absolute atomic E-state index is 11.2. The highest BCUT2D eigenvalue weighted by Crippen LogP contribution is 2.41. The van der Waals surface area contributed by atoms with E-state index in [1.807, 2.05) is 6.07 Å². The topological polar surface area (TPSA) is 110 Å². The van der Waals surface area contributed by atoms with E-state index in [4.69, 9.17) is 14.5 Å². The molecule has 0 fully saturated rings. The third kappa shape index (κ3) is 4.78. The minimum Gasteiger partial charge on any atom is -0.493 e. The summed E-state index contributed by atoms with van der Waals surface area (Å²) in [7, 11) is 3.08. The molecule has 1 atom stereocenters. The molecule has 0 amide bonds. The molecule has 3 rings (SSSR count). The number of aromatic nitrogens is 1. The molecule has 31 heavy (non-hydrogen) atoms. The maximum Gasteiger partial charge on any atom is 0.270 e. The fourth-order valence-electron chi connectivity index (χ4n) is 3.62. The van der Waals surface area contributed by atoms with Crippen molar-refractivity contribution < 1.29 is 19.5 Å². The first-order chi connectivity index (χ1) is 14.9. The largest absolute Gasteiger partial charge is 0.493 e. The van der Waals surface area contributed by atoms with Crippen LogP contribution in [0.1, 0.15) is 13.8 Å². The molecule has 2 N–H and O–H groups in total. The number of ether oxygens (including phenoxy) is 2. The maximum atomic E-state index is 11.2. The van der Waals surface area contributed by atoms with E-state index in [1.165, 1.54) is 19.2 Å². The summed E-state index contributed by atoms with van der Waals surface area (Å²) in [5.74, 6) is 0.995. The Bertz CT molecular complexity index is 1080. The molecular weight excluding hydrogens is 400 g/mol. The number of nitrogens with zero attached hydrogens (tertiary/aromatic N) is 3. The van der Waals surface area contributed by atoms with Crippen LogP contribution >= 0.6 is 0 Å². The van der Waals surface area contributed by atoms with Gasteiger partial charge >= 0.3 is 0 Å². The predicted octanol–water partition coefficient (Wildman–Crippen LogP) is 3.43. The summed E-state index contributed by atoms with van der Waals surface area (Å²) in [6, 6.07) is 8.14. The van der Waals surface area contributed by atoms with Crippen LogP contribution in [0.4, 0.5) is 11.4 Å². The lowest BCUT2D eigenvalue weighted by molar-refractivity contribution is -0.384. The number of methoxy groups -OCH3 is 2. The van der Waals surface area contributed by atoms with Gasteiger partial charge in [0.05, 0.1) is 42.0 Å². The van der Waals surface area contributed by atoms with Gasteiger partial charge in [0.15, 0.2) is 11.5 Å². The Balaban J connectivity index is 2.06. The molecule has 0 aliphatic heterocycles. The summed E-state index contributed by atoms with van der Waals surface area (Å²) in [6.45, 7) is 6.75. The van der Waals surface area contributed by atoms with Crippen molar-refractivity contribution in [2.75, 3.05) is 45.7 Å². The van der Waals surface area contributed by atoms with E-state index in [1.54, 1.807) is 19.2 Å². The van der Waals surface area contributed by atoms with Crippen LogP contribution in [0.2, 0.25) is 0 Å². The Labute approximate surface area is 180 Å². The molecule has 1 unspecified atom stereocenters. The van der Waals surface area contributed by atoms with Gasteiger partial charge in [-0.2, -0.15) is 0 Å². The number of pyridine rings is 1. The van der Waals surface area contributed by atoms with E-state index in [-0.39, 0.29) is 5.69 Å². The van der Waals surface area contributed by atoms with E-state index >= 15 is 0 Å². The van der Waals surface area contributed by atoms with Crippen LogP contribution in [0.15, 0.2) is 30.3 Å². The Kier molecular flexibility index (Phi) is 7.09. The first-order valence-electron chi connectivity index (χ1n) is 10.2. The molecule has 0 aliphatic carbocycles. The number of benzene rings is 2. The summed E-state index contributed by atoms with van der Waals surface area (Å²) in [6.07, 6.45) is -0.564. The Morgan fingerprint density at radius 2 is 1.94 bits per heavy atom. The standard InChI is InChI=1S/C22H28N4O5/c1-5-25(6-2)13-16(27)12-23-19-11-20(30-3)22(31-4)17-10-14-9-15(26(28)29)7-8-18(14)24-21(17)19/h7-11,16,23,27H,5-6,12-13H2,1-4H3. The van der Waals surface area contributed by atoms with Crippen molar-refractivity contribution in [3.8, 4) is 11.5 Å². The predicted molar refractivity (Wildman–Crippen MR) is 121 cm³/mol. The molecule has 166 valence electrons. The van der Waals surface area contributed by atoms with E-state index < -0.39 is 11.0 Å². The second kappa shape index (κ2) is 9.76. The first kappa shape index (κ1) is 22.5. The molecule has 1 heterocycles. The van der Waals surface area contributed by atoms with Crippen LogP contribution in [0.25, 0.3) is 21.8 Å². The van der Waals surface area contributed by atoms with Gasteiger partial charge in [-0.1, -0.05) is 13.8 Å². The van der Waals surface area contributed by atoms with Crippen LogP contribution < -0.4 is 14.8 Å². The van der Waals surface area contributed by atoms with Crippen molar-refractivity contribution in [2.45, 2.75) is 20.0 Å². The molecular formula is C22H28N4O5. The van der Waals surface area contributed by atoms with Crippen LogP contribution in [0, 0.1) is 10.1 Å². The molecule has 0 spiro atoms. The van der Waals surface area contributed by atoms with Gasteiger partial charge < -0.3 is 24.8 Å². The number of aliphatic hydroxyl groups excluding tert-OH is 1.